The van der Waals surface area contributed by atoms with Crippen molar-refractivity contribution in [1.29, 1.82) is 0 Å². The SMILES string of the molecule is Cc1cccc(CCC(=O)CCCC/C=C/C(C)C)c1.O=C(F)F. The predicted octanol–water partition coefficient (Wildman–Crippen LogP) is 6.31. The van der Waals surface area contributed by atoms with Gasteiger partial charge >= 0.3 is 6.29 Å². The number of carbonyl (C=O) groups is 2. The van der Waals surface area contributed by atoms with E-state index in [1.54, 1.807) is 0 Å². The molecule has 24 heavy (non-hydrogen) atoms. The van der Waals surface area contributed by atoms with Crippen LogP contribution in [0.2, 0.25) is 0 Å². The molecule has 2 nitrogen and oxygen atoms in total. The molecule has 0 fully saturated rings. The largest absolute Gasteiger partial charge is 0.483 e. The molecule has 1 aromatic carbocycles. The van der Waals surface area contributed by atoms with Crippen molar-refractivity contribution < 1.29 is 18.4 Å². The fourth-order valence-electron chi connectivity index (χ4n) is 2.23. The van der Waals surface area contributed by atoms with Gasteiger partial charge in [0, 0.05) is 12.8 Å². The van der Waals surface area contributed by atoms with Gasteiger partial charge in [-0.2, -0.15) is 0 Å². The Labute approximate surface area is 144 Å². The minimum Gasteiger partial charge on any atom is -0.300 e. The van der Waals surface area contributed by atoms with E-state index in [4.69, 9.17) is 4.79 Å². The average molecular weight is 338 g/mol. The van der Waals surface area contributed by atoms with Crippen LogP contribution in [0, 0.1) is 12.8 Å². The number of ketones is 1. The minimum atomic E-state index is -2.83. The van der Waals surface area contributed by atoms with Gasteiger partial charge in [-0.05, 0) is 44.1 Å². The van der Waals surface area contributed by atoms with Crippen molar-refractivity contribution in [3.8, 4) is 0 Å². The molecule has 0 unspecified atom stereocenters. The molecule has 0 aliphatic carbocycles. The van der Waals surface area contributed by atoms with Crippen LogP contribution < -0.4 is 0 Å². The molecule has 4 heteroatoms. The van der Waals surface area contributed by atoms with Crippen molar-refractivity contribution in [1.82, 2.24) is 0 Å². The van der Waals surface area contributed by atoms with Crippen molar-refractivity contribution in [3.05, 3.63) is 47.5 Å². The van der Waals surface area contributed by atoms with Gasteiger partial charge in [-0.15, -0.1) is 8.78 Å². The quantitative estimate of drug-likeness (QED) is 0.300. The first-order valence-electron chi connectivity index (χ1n) is 8.40. The summed E-state index contributed by atoms with van der Waals surface area (Å²) in [5.74, 6) is 1.03. The van der Waals surface area contributed by atoms with Gasteiger partial charge in [-0.1, -0.05) is 55.8 Å². The van der Waals surface area contributed by atoms with Crippen LogP contribution in [0.5, 0.6) is 0 Å². The number of carbonyl (C=O) groups excluding carboxylic acids is 2. The first-order valence-corrected chi connectivity index (χ1v) is 8.40. The standard InChI is InChI=1S/C19H28O.CF2O/c1-16(2)9-6-4-5-7-12-19(20)14-13-18-11-8-10-17(3)15-18;2-1(3)4/h6,8-11,15-16H,4-5,7,12-14H2,1-3H3;/b9-6+;. The zero-order valence-electron chi connectivity index (χ0n) is 14.9. The number of rotatable bonds is 9. The van der Waals surface area contributed by atoms with Gasteiger partial charge in [0.1, 0.15) is 5.78 Å². The van der Waals surface area contributed by atoms with E-state index in [1.807, 2.05) is 0 Å². The molecule has 0 radical (unpaired) electrons. The molecular weight excluding hydrogens is 310 g/mol. The number of allylic oxidation sites excluding steroid dienone is 2. The van der Waals surface area contributed by atoms with Crippen LogP contribution in [0.3, 0.4) is 0 Å². The third kappa shape index (κ3) is 15.1. The molecule has 0 aliphatic rings. The van der Waals surface area contributed by atoms with Crippen LogP contribution in [0.25, 0.3) is 0 Å². The molecule has 1 rings (SSSR count). The van der Waals surface area contributed by atoms with Crippen LogP contribution in [-0.2, 0) is 11.2 Å². The summed E-state index contributed by atoms with van der Waals surface area (Å²) < 4.78 is 19.4. The maximum atomic E-state index is 11.8. The van der Waals surface area contributed by atoms with Crippen molar-refractivity contribution in [2.24, 2.45) is 5.92 Å². The Kier molecular flexibility index (Phi) is 12.5. The normalized spacial score (nSPS) is 10.6. The second kappa shape index (κ2) is 13.6. The Morgan fingerprint density at radius 2 is 1.79 bits per heavy atom. The van der Waals surface area contributed by atoms with Gasteiger partial charge < -0.3 is 0 Å². The lowest BCUT2D eigenvalue weighted by Crippen LogP contribution is -2.00. The molecule has 0 saturated heterocycles. The molecule has 1 aromatic rings. The van der Waals surface area contributed by atoms with Crippen molar-refractivity contribution in [3.63, 3.8) is 0 Å². The summed E-state index contributed by atoms with van der Waals surface area (Å²) in [4.78, 5) is 19.9. The molecule has 0 amide bonds. The van der Waals surface area contributed by atoms with Crippen LogP contribution in [0.4, 0.5) is 13.6 Å². The lowest BCUT2D eigenvalue weighted by molar-refractivity contribution is -0.119. The van der Waals surface area contributed by atoms with Gasteiger partial charge in [0.25, 0.3) is 0 Å². The lowest BCUT2D eigenvalue weighted by Gasteiger charge is -2.03. The summed E-state index contributed by atoms with van der Waals surface area (Å²) >= 11 is 0. The molecular formula is C20H28F2O2. The third-order valence-corrected chi connectivity index (χ3v) is 3.37. The van der Waals surface area contributed by atoms with E-state index in [9.17, 15) is 13.6 Å². The highest BCUT2D eigenvalue weighted by atomic mass is 19.3. The maximum absolute atomic E-state index is 11.8. The maximum Gasteiger partial charge on any atom is 0.483 e. The highest BCUT2D eigenvalue weighted by Crippen LogP contribution is 2.09. The van der Waals surface area contributed by atoms with E-state index >= 15 is 0 Å². The van der Waals surface area contributed by atoms with Gasteiger partial charge in [-0.3, -0.25) is 4.79 Å². The van der Waals surface area contributed by atoms with E-state index in [0.29, 0.717) is 18.1 Å². The van der Waals surface area contributed by atoms with E-state index < -0.39 is 6.29 Å². The summed E-state index contributed by atoms with van der Waals surface area (Å²) in [5.41, 5.74) is 2.55. The monoisotopic (exact) mass is 338 g/mol. The number of aryl methyl sites for hydroxylation is 2. The number of unbranched alkanes of at least 4 members (excludes halogenated alkanes) is 2. The molecule has 0 bridgehead atoms. The smallest absolute Gasteiger partial charge is 0.300 e. The van der Waals surface area contributed by atoms with Gasteiger partial charge in [0.15, 0.2) is 0 Å². The summed E-state index contributed by atoms with van der Waals surface area (Å²) in [7, 11) is 0. The highest BCUT2D eigenvalue weighted by Gasteiger charge is 2.02. The van der Waals surface area contributed by atoms with Crippen molar-refractivity contribution in [2.75, 3.05) is 0 Å². The van der Waals surface area contributed by atoms with Gasteiger partial charge in [0.05, 0.1) is 0 Å². The topological polar surface area (TPSA) is 34.1 Å². The first-order chi connectivity index (χ1) is 11.3. The van der Waals surface area contributed by atoms with Crippen molar-refractivity contribution >= 4 is 12.1 Å². The molecule has 0 aromatic heterocycles. The van der Waals surface area contributed by atoms with Gasteiger partial charge in [0.2, 0.25) is 0 Å². The Morgan fingerprint density at radius 3 is 2.38 bits per heavy atom. The third-order valence-electron chi connectivity index (χ3n) is 3.37. The Morgan fingerprint density at radius 1 is 1.12 bits per heavy atom. The molecule has 0 heterocycles. The minimum absolute atomic E-state index is 0.402. The molecule has 134 valence electrons. The number of benzene rings is 1. The lowest BCUT2D eigenvalue weighted by atomic mass is 10.0. The van der Waals surface area contributed by atoms with Crippen LogP contribution in [-0.4, -0.2) is 12.1 Å². The van der Waals surface area contributed by atoms with E-state index in [2.05, 4.69) is 57.2 Å². The van der Waals surface area contributed by atoms with Crippen LogP contribution in [0.1, 0.15) is 57.1 Å². The van der Waals surface area contributed by atoms with E-state index in [-0.39, 0.29) is 0 Å². The molecule has 0 atom stereocenters. The number of hydrogen-bond acceptors (Lipinski definition) is 2. The Hall–Kier alpha value is -1.84. The predicted molar refractivity (Wildman–Crippen MR) is 94.6 cm³/mol. The van der Waals surface area contributed by atoms with E-state index in [1.165, 1.54) is 11.1 Å². The Balaban J connectivity index is 0.00000118. The number of halogens is 2. The Bertz CT molecular complexity index is 518. The zero-order valence-corrected chi connectivity index (χ0v) is 14.9. The fraction of sp³-hybridized carbons (Fsp3) is 0.500. The van der Waals surface area contributed by atoms with Crippen LogP contribution >= 0.6 is 0 Å². The second-order valence-corrected chi connectivity index (χ2v) is 6.17. The summed E-state index contributed by atoms with van der Waals surface area (Å²) in [5, 5.41) is 0. The molecule has 0 spiro atoms. The average Bonchev–Trinajstić information content (AvgIpc) is 2.48. The molecule has 0 aliphatic heterocycles. The zero-order chi connectivity index (χ0) is 18.4. The summed E-state index contributed by atoms with van der Waals surface area (Å²) in [6.45, 7) is 6.46. The van der Waals surface area contributed by atoms with Crippen molar-refractivity contribution in [2.45, 2.75) is 59.3 Å². The summed E-state index contributed by atoms with van der Waals surface area (Å²) in [6, 6.07) is 8.44. The molecule has 0 saturated carbocycles. The first kappa shape index (κ1) is 22.2. The van der Waals surface area contributed by atoms with E-state index in [0.717, 1.165) is 32.1 Å². The number of Topliss-reactive ketones (excluding diaryl/α,β-unsaturated/α-hetero) is 1. The second-order valence-electron chi connectivity index (χ2n) is 6.17. The summed E-state index contributed by atoms with van der Waals surface area (Å²) in [6.07, 6.45) is 7.19. The number of hydrogen-bond donors (Lipinski definition) is 0. The highest BCUT2D eigenvalue weighted by molar-refractivity contribution is 5.78. The fourth-order valence-corrected chi connectivity index (χ4v) is 2.23. The molecule has 0 N–H and O–H groups in total. The van der Waals surface area contributed by atoms with Gasteiger partial charge in [-0.25, -0.2) is 4.79 Å². The van der Waals surface area contributed by atoms with Crippen LogP contribution in [0.15, 0.2) is 36.4 Å².